The lowest BCUT2D eigenvalue weighted by atomic mass is 10.1. The summed E-state index contributed by atoms with van der Waals surface area (Å²) in [7, 11) is 1.25. The maximum absolute atomic E-state index is 12.0. The maximum atomic E-state index is 12.0. The zero-order valence-electron chi connectivity index (χ0n) is 9.15. The quantitative estimate of drug-likeness (QED) is 0.808. The predicted octanol–water partition coefficient (Wildman–Crippen LogP) is 2.10. The average Bonchev–Trinajstić information content (AvgIpc) is 2.29. The molecule has 0 aliphatic carbocycles. The van der Waals surface area contributed by atoms with Crippen molar-refractivity contribution < 1.29 is 28.2 Å². The molecule has 1 rings (SSSR count). The highest BCUT2D eigenvalue weighted by Gasteiger charge is 2.13. The van der Waals surface area contributed by atoms with Gasteiger partial charge in [-0.05, 0) is 18.1 Å². The van der Waals surface area contributed by atoms with Crippen LogP contribution in [-0.2, 0) is 16.0 Å². The van der Waals surface area contributed by atoms with Crippen molar-refractivity contribution in [1.29, 1.82) is 0 Å². The zero-order chi connectivity index (χ0) is 12.8. The van der Waals surface area contributed by atoms with Gasteiger partial charge < -0.3 is 14.6 Å². The third-order valence-corrected chi connectivity index (χ3v) is 2.12. The van der Waals surface area contributed by atoms with E-state index >= 15 is 0 Å². The highest BCUT2D eigenvalue weighted by Crippen LogP contribution is 2.31. The Bertz CT molecular complexity index is 393. The fraction of sp³-hybridized carbons (Fsp3) is 0.364. The zero-order valence-corrected chi connectivity index (χ0v) is 9.15. The van der Waals surface area contributed by atoms with Crippen LogP contribution in [0.5, 0.6) is 11.5 Å². The average molecular weight is 246 g/mol. The van der Waals surface area contributed by atoms with Crippen LogP contribution in [0, 0.1) is 0 Å². The van der Waals surface area contributed by atoms with Gasteiger partial charge in [0.2, 0.25) is 0 Å². The first-order chi connectivity index (χ1) is 8.04. The van der Waals surface area contributed by atoms with Crippen molar-refractivity contribution >= 4 is 5.97 Å². The Morgan fingerprint density at radius 3 is 2.76 bits per heavy atom. The Labute approximate surface area is 96.8 Å². The number of aryl methyl sites for hydroxylation is 1. The highest BCUT2D eigenvalue weighted by atomic mass is 19.3. The van der Waals surface area contributed by atoms with E-state index in [0.717, 1.165) is 0 Å². The van der Waals surface area contributed by atoms with Gasteiger partial charge in [-0.25, -0.2) is 0 Å². The number of hydrogen-bond donors (Lipinski definition) is 1. The first-order valence-electron chi connectivity index (χ1n) is 4.87. The lowest BCUT2D eigenvalue weighted by Gasteiger charge is -2.10. The van der Waals surface area contributed by atoms with Gasteiger partial charge in [-0.2, -0.15) is 8.78 Å². The molecule has 0 unspecified atom stereocenters. The number of benzene rings is 1. The largest absolute Gasteiger partial charge is 0.504 e. The number of rotatable bonds is 5. The summed E-state index contributed by atoms with van der Waals surface area (Å²) in [5.74, 6) is -1.12. The summed E-state index contributed by atoms with van der Waals surface area (Å²) in [4.78, 5) is 10.9. The molecular formula is C11H12F2O4. The molecule has 0 atom stereocenters. The molecule has 0 saturated heterocycles. The summed E-state index contributed by atoms with van der Waals surface area (Å²) in [6.07, 6.45) is 0.251. The van der Waals surface area contributed by atoms with Crippen molar-refractivity contribution in [3.05, 3.63) is 23.8 Å². The minimum Gasteiger partial charge on any atom is -0.504 e. The Kier molecular flexibility index (Phi) is 4.68. The van der Waals surface area contributed by atoms with Crippen LogP contribution in [0.3, 0.4) is 0 Å². The molecule has 0 saturated carbocycles. The van der Waals surface area contributed by atoms with Gasteiger partial charge in [0.05, 0.1) is 7.11 Å². The first kappa shape index (κ1) is 13.2. The number of phenols is 1. The van der Waals surface area contributed by atoms with Crippen LogP contribution in [0.25, 0.3) is 0 Å². The fourth-order valence-corrected chi connectivity index (χ4v) is 1.30. The number of alkyl halides is 2. The number of hydrogen-bond acceptors (Lipinski definition) is 4. The smallest absolute Gasteiger partial charge is 0.387 e. The van der Waals surface area contributed by atoms with Crippen LogP contribution < -0.4 is 4.74 Å². The molecule has 0 fully saturated rings. The number of esters is 1. The lowest BCUT2D eigenvalue weighted by molar-refractivity contribution is -0.140. The third kappa shape index (κ3) is 3.90. The van der Waals surface area contributed by atoms with Crippen LogP contribution in [0.4, 0.5) is 8.78 Å². The van der Waals surface area contributed by atoms with E-state index in [1.807, 2.05) is 0 Å². The van der Waals surface area contributed by atoms with Crippen LogP contribution in [0.15, 0.2) is 18.2 Å². The van der Waals surface area contributed by atoms with Gasteiger partial charge in [-0.3, -0.25) is 4.79 Å². The van der Waals surface area contributed by atoms with Crippen molar-refractivity contribution in [1.82, 2.24) is 0 Å². The minimum absolute atomic E-state index is 0.0577. The summed E-state index contributed by atoms with van der Waals surface area (Å²) in [6.45, 7) is -3.00. The molecule has 0 heterocycles. The van der Waals surface area contributed by atoms with Gasteiger partial charge in [0.1, 0.15) is 0 Å². The molecule has 17 heavy (non-hydrogen) atoms. The highest BCUT2D eigenvalue weighted by molar-refractivity contribution is 5.69. The molecule has 0 aliphatic rings. The standard InChI is InChI=1S/C11H12F2O4/c1-16-9(14)6-5-7-3-2-4-8(10(7)15)17-11(12)13/h2-4,11,15H,5-6H2,1H3. The molecule has 1 aromatic rings. The number of carbonyl (C=O) groups excluding carboxylic acids is 1. The summed E-state index contributed by atoms with van der Waals surface area (Å²) in [5.41, 5.74) is 0.355. The number of para-hydroxylation sites is 1. The van der Waals surface area contributed by atoms with Gasteiger partial charge in [0, 0.05) is 6.42 Å². The summed E-state index contributed by atoms with van der Waals surface area (Å²) in [6, 6.07) is 4.21. The molecule has 0 spiro atoms. The monoisotopic (exact) mass is 246 g/mol. The van der Waals surface area contributed by atoms with E-state index in [1.165, 1.54) is 25.3 Å². The fourth-order valence-electron chi connectivity index (χ4n) is 1.30. The van der Waals surface area contributed by atoms with Crippen molar-refractivity contribution in [3.8, 4) is 11.5 Å². The van der Waals surface area contributed by atoms with Gasteiger partial charge >= 0.3 is 12.6 Å². The van der Waals surface area contributed by atoms with Crippen molar-refractivity contribution in [2.75, 3.05) is 7.11 Å². The number of ether oxygens (including phenoxy) is 2. The van der Waals surface area contributed by atoms with Crippen LogP contribution in [0.1, 0.15) is 12.0 Å². The van der Waals surface area contributed by atoms with Crippen molar-refractivity contribution in [2.45, 2.75) is 19.5 Å². The van der Waals surface area contributed by atoms with E-state index in [9.17, 15) is 18.7 Å². The van der Waals surface area contributed by atoms with Crippen LogP contribution >= 0.6 is 0 Å². The van der Waals surface area contributed by atoms with Crippen LogP contribution in [-0.4, -0.2) is 24.8 Å². The second kappa shape index (κ2) is 6.03. The van der Waals surface area contributed by atoms with Gasteiger partial charge in [-0.15, -0.1) is 0 Å². The summed E-state index contributed by atoms with van der Waals surface area (Å²) < 4.78 is 32.5. The minimum atomic E-state index is -3.00. The first-order valence-corrected chi connectivity index (χ1v) is 4.87. The van der Waals surface area contributed by atoms with Crippen molar-refractivity contribution in [2.24, 2.45) is 0 Å². The number of phenolic OH excluding ortho intramolecular Hbond substituents is 1. The Hall–Kier alpha value is -1.85. The molecule has 0 bridgehead atoms. The number of methoxy groups -OCH3 is 1. The second-order valence-electron chi connectivity index (χ2n) is 3.22. The molecule has 0 aliphatic heterocycles. The maximum Gasteiger partial charge on any atom is 0.387 e. The lowest BCUT2D eigenvalue weighted by Crippen LogP contribution is -2.04. The summed E-state index contributed by atoms with van der Waals surface area (Å²) in [5, 5.41) is 9.61. The normalized spacial score (nSPS) is 10.4. The van der Waals surface area contributed by atoms with E-state index in [1.54, 1.807) is 0 Å². The summed E-state index contributed by atoms with van der Waals surface area (Å²) >= 11 is 0. The topological polar surface area (TPSA) is 55.8 Å². The second-order valence-corrected chi connectivity index (χ2v) is 3.22. The molecule has 6 heteroatoms. The number of aromatic hydroxyl groups is 1. The molecule has 1 aromatic carbocycles. The molecule has 0 amide bonds. The molecule has 0 aromatic heterocycles. The predicted molar refractivity (Wildman–Crippen MR) is 55.1 cm³/mol. The van der Waals surface area contributed by atoms with E-state index < -0.39 is 12.6 Å². The molecule has 0 radical (unpaired) electrons. The van der Waals surface area contributed by atoms with Gasteiger partial charge in [0.15, 0.2) is 11.5 Å². The van der Waals surface area contributed by atoms with E-state index in [4.69, 9.17) is 0 Å². The molecule has 4 nitrogen and oxygen atoms in total. The third-order valence-electron chi connectivity index (χ3n) is 2.12. The van der Waals surface area contributed by atoms with E-state index in [2.05, 4.69) is 9.47 Å². The van der Waals surface area contributed by atoms with Gasteiger partial charge in [0.25, 0.3) is 0 Å². The number of carbonyl (C=O) groups is 1. The molecule has 1 N–H and O–H groups in total. The van der Waals surface area contributed by atoms with Gasteiger partial charge in [-0.1, -0.05) is 12.1 Å². The van der Waals surface area contributed by atoms with Crippen LogP contribution in [0.2, 0.25) is 0 Å². The van der Waals surface area contributed by atoms with Crippen molar-refractivity contribution in [3.63, 3.8) is 0 Å². The Morgan fingerprint density at radius 2 is 2.18 bits per heavy atom. The van der Waals surface area contributed by atoms with E-state index in [0.29, 0.717) is 5.56 Å². The SMILES string of the molecule is COC(=O)CCc1cccc(OC(F)F)c1O. The number of halogens is 2. The van der Waals surface area contributed by atoms with E-state index in [-0.39, 0.29) is 24.3 Å². The Balaban J connectivity index is 2.76. The Morgan fingerprint density at radius 1 is 1.47 bits per heavy atom. The molecule has 94 valence electrons. The molecular weight excluding hydrogens is 234 g/mol.